The molecule has 5 heteroatoms. The van der Waals surface area contributed by atoms with Crippen LogP contribution in [0.15, 0.2) is 16.6 Å². The molecule has 0 aliphatic heterocycles. The van der Waals surface area contributed by atoms with Gasteiger partial charge >= 0.3 is 5.97 Å². The van der Waals surface area contributed by atoms with E-state index in [1.807, 2.05) is 26.0 Å². The number of ether oxygens (including phenoxy) is 1. The van der Waals surface area contributed by atoms with Crippen molar-refractivity contribution in [3.63, 3.8) is 0 Å². The van der Waals surface area contributed by atoms with Crippen LogP contribution >= 0.6 is 27.5 Å². The first-order valence-corrected chi connectivity index (χ1v) is 5.91. The zero-order chi connectivity index (χ0) is 12.3. The molecule has 0 aliphatic rings. The lowest BCUT2D eigenvalue weighted by molar-refractivity contribution is -0.137. The molecule has 1 rings (SSSR count). The van der Waals surface area contributed by atoms with Crippen LogP contribution in [0.2, 0.25) is 0 Å². The number of carbonyl (C=O) groups is 1. The zero-order valence-electron chi connectivity index (χ0n) is 8.96. The van der Waals surface area contributed by atoms with Crippen molar-refractivity contribution in [1.29, 1.82) is 0 Å². The van der Waals surface area contributed by atoms with E-state index >= 15 is 0 Å². The fourth-order valence-corrected chi connectivity index (χ4v) is 1.52. The first-order valence-electron chi connectivity index (χ1n) is 4.68. The maximum atomic E-state index is 10.5. The monoisotopic (exact) mass is 306 g/mol. The number of carboxylic acid groups (broad SMARTS) is 1. The summed E-state index contributed by atoms with van der Waals surface area (Å²) < 4.78 is 6.34. The summed E-state index contributed by atoms with van der Waals surface area (Å²) in [6, 6.07) is 3.67. The van der Waals surface area contributed by atoms with Crippen molar-refractivity contribution in [3.05, 3.63) is 27.7 Å². The van der Waals surface area contributed by atoms with E-state index in [1.54, 1.807) is 0 Å². The summed E-state index contributed by atoms with van der Waals surface area (Å²) in [5, 5.41) is 7.57. The third kappa shape index (κ3) is 3.39. The lowest BCUT2D eigenvalue weighted by atomic mass is 10.1. The molecule has 3 nitrogen and oxygen atoms in total. The summed E-state index contributed by atoms with van der Waals surface area (Å²) >= 11 is 8.98. The predicted molar refractivity (Wildman–Crippen MR) is 66.4 cm³/mol. The molecular formula is C11H12BrClO3. The Morgan fingerprint density at radius 3 is 2.44 bits per heavy atom. The van der Waals surface area contributed by atoms with Gasteiger partial charge in [-0.3, -0.25) is 4.79 Å². The van der Waals surface area contributed by atoms with Gasteiger partial charge in [-0.2, -0.15) is 0 Å². The molecule has 1 unspecified atom stereocenters. The molecule has 0 heterocycles. The number of halogens is 2. The Morgan fingerprint density at radius 1 is 1.50 bits per heavy atom. The minimum Gasteiger partial charge on any atom is -0.491 e. The fraction of sp³-hybridized carbons (Fsp3) is 0.364. The van der Waals surface area contributed by atoms with Crippen LogP contribution in [-0.2, 0) is 4.79 Å². The second-order valence-electron chi connectivity index (χ2n) is 3.49. The van der Waals surface area contributed by atoms with Crippen molar-refractivity contribution in [3.8, 4) is 5.75 Å². The van der Waals surface area contributed by atoms with E-state index in [0.29, 0.717) is 5.75 Å². The van der Waals surface area contributed by atoms with E-state index in [9.17, 15) is 4.79 Å². The largest absolute Gasteiger partial charge is 0.491 e. The van der Waals surface area contributed by atoms with Crippen molar-refractivity contribution in [2.45, 2.75) is 19.2 Å². The summed E-state index contributed by atoms with van der Waals surface area (Å²) in [4.78, 5) is 10.5. The number of rotatable bonds is 4. The Hall–Kier alpha value is -0.740. The maximum absolute atomic E-state index is 10.5. The van der Waals surface area contributed by atoms with Crippen LogP contribution < -0.4 is 4.74 Å². The Balaban J connectivity index is 2.72. The molecule has 0 fully saturated rings. The Labute approximate surface area is 107 Å². The van der Waals surface area contributed by atoms with E-state index < -0.39 is 11.3 Å². The molecule has 1 N–H and O–H groups in total. The lowest BCUT2D eigenvalue weighted by Gasteiger charge is -2.11. The quantitative estimate of drug-likeness (QED) is 0.869. The average Bonchev–Trinajstić information content (AvgIpc) is 2.22. The SMILES string of the molecule is Cc1cc(OCC(Cl)C(=O)O)cc(C)c1Br. The molecule has 88 valence electrons. The van der Waals surface area contributed by atoms with Gasteiger partial charge in [0.05, 0.1) is 0 Å². The molecule has 0 saturated carbocycles. The number of hydrogen-bond donors (Lipinski definition) is 1. The smallest absolute Gasteiger partial charge is 0.325 e. The molecule has 1 aromatic carbocycles. The third-order valence-electron chi connectivity index (χ3n) is 2.07. The molecule has 0 aliphatic carbocycles. The fourth-order valence-electron chi connectivity index (χ4n) is 1.23. The summed E-state index contributed by atoms with van der Waals surface area (Å²) in [6.07, 6.45) is 0. The molecule has 1 atom stereocenters. The number of aryl methyl sites for hydroxylation is 2. The highest BCUT2D eigenvalue weighted by atomic mass is 79.9. The van der Waals surface area contributed by atoms with E-state index in [2.05, 4.69) is 15.9 Å². The van der Waals surface area contributed by atoms with E-state index in [0.717, 1.165) is 15.6 Å². The number of alkyl halides is 1. The highest BCUT2D eigenvalue weighted by molar-refractivity contribution is 9.10. The van der Waals surface area contributed by atoms with Gasteiger partial charge in [0.2, 0.25) is 0 Å². The highest BCUT2D eigenvalue weighted by Gasteiger charge is 2.14. The van der Waals surface area contributed by atoms with Gasteiger partial charge in [-0.15, -0.1) is 11.6 Å². The van der Waals surface area contributed by atoms with Crippen molar-refractivity contribution in [1.82, 2.24) is 0 Å². The normalized spacial score (nSPS) is 12.2. The van der Waals surface area contributed by atoms with Crippen LogP contribution in [0, 0.1) is 13.8 Å². The molecule has 16 heavy (non-hydrogen) atoms. The number of aliphatic carboxylic acids is 1. The standard InChI is InChI=1S/C11H12BrClO3/c1-6-3-8(4-7(2)10(6)12)16-5-9(13)11(14)15/h3-4,9H,5H2,1-2H3,(H,14,15). The van der Waals surface area contributed by atoms with E-state index in [-0.39, 0.29) is 6.61 Å². The molecule has 0 bridgehead atoms. The van der Waals surface area contributed by atoms with E-state index in [4.69, 9.17) is 21.4 Å². The zero-order valence-corrected chi connectivity index (χ0v) is 11.3. The van der Waals surface area contributed by atoms with Gasteiger partial charge in [-0.25, -0.2) is 0 Å². The van der Waals surface area contributed by atoms with Crippen LogP contribution in [0.4, 0.5) is 0 Å². The number of hydrogen-bond acceptors (Lipinski definition) is 2. The first-order chi connectivity index (χ1) is 7.41. The number of benzene rings is 1. The van der Waals surface area contributed by atoms with Crippen molar-refractivity contribution in [2.24, 2.45) is 0 Å². The molecule has 0 amide bonds. The van der Waals surface area contributed by atoms with Crippen molar-refractivity contribution in [2.75, 3.05) is 6.61 Å². The Kier molecular flexibility index (Phi) is 4.62. The summed E-state index contributed by atoms with van der Waals surface area (Å²) in [5.41, 5.74) is 2.08. The summed E-state index contributed by atoms with van der Waals surface area (Å²) in [5.74, 6) is -0.447. The molecule has 1 aromatic rings. The second-order valence-corrected chi connectivity index (χ2v) is 4.81. The molecule has 0 radical (unpaired) electrons. The van der Waals surface area contributed by atoms with E-state index in [1.165, 1.54) is 0 Å². The number of carboxylic acids is 1. The van der Waals surface area contributed by atoms with Crippen LogP contribution in [0.3, 0.4) is 0 Å². The second kappa shape index (κ2) is 5.55. The van der Waals surface area contributed by atoms with Gasteiger partial charge in [0.15, 0.2) is 5.38 Å². The van der Waals surface area contributed by atoms with Crippen LogP contribution in [0.1, 0.15) is 11.1 Å². The Morgan fingerprint density at radius 2 is 2.00 bits per heavy atom. The predicted octanol–water partition coefficient (Wildman–Crippen LogP) is 3.14. The van der Waals surface area contributed by atoms with Gasteiger partial charge in [0, 0.05) is 4.47 Å². The molecule has 0 spiro atoms. The minimum atomic E-state index is -1.08. The highest BCUT2D eigenvalue weighted by Crippen LogP contribution is 2.26. The third-order valence-corrected chi connectivity index (χ3v) is 3.64. The van der Waals surface area contributed by atoms with Gasteiger partial charge in [0.1, 0.15) is 12.4 Å². The maximum Gasteiger partial charge on any atom is 0.325 e. The molecular weight excluding hydrogens is 295 g/mol. The van der Waals surface area contributed by atoms with Crippen LogP contribution in [0.25, 0.3) is 0 Å². The van der Waals surface area contributed by atoms with Crippen LogP contribution in [0.5, 0.6) is 5.75 Å². The lowest BCUT2D eigenvalue weighted by Crippen LogP contribution is -2.21. The minimum absolute atomic E-state index is 0.0442. The topological polar surface area (TPSA) is 46.5 Å². The van der Waals surface area contributed by atoms with Gasteiger partial charge in [-0.05, 0) is 37.1 Å². The Bertz CT molecular complexity index is 383. The van der Waals surface area contributed by atoms with Crippen molar-refractivity contribution >= 4 is 33.5 Å². The van der Waals surface area contributed by atoms with Crippen molar-refractivity contribution < 1.29 is 14.6 Å². The van der Waals surface area contributed by atoms with Gasteiger partial charge in [0.25, 0.3) is 0 Å². The summed E-state index contributed by atoms with van der Waals surface area (Å²) in [6.45, 7) is 3.84. The van der Waals surface area contributed by atoms with Gasteiger partial charge < -0.3 is 9.84 Å². The van der Waals surface area contributed by atoms with Crippen LogP contribution in [-0.4, -0.2) is 23.1 Å². The molecule has 0 aromatic heterocycles. The summed E-state index contributed by atoms with van der Waals surface area (Å²) in [7, 11) is 0. The van der Waals surface area contributed by atoms with Gasteiger partial charge in [-0.1, -0.05) is 15.9 Å². The first kappa shape index (κ1) is 13.3. The average molecular weight is 308 g/mol. The molecule has 0 saturated heterocycles.